The van der Waals surface area contributed by atoms with Gasteiger partial charge in [0.1, 0.15) is 5.75 Å². The Bertz CT molecular complexity index is 301. The monoisotopic (exact) mass is 276 g/mol. The Morgan fingerprint density at radius 1 is 1.50 bits per heavy atom. The minimum Gasteiger partial charge on any atom is -0.496 e. The quantitative estimate of drug-likeness (QED) is 0.758. The van der Waals surface area contributed by atoms with E-state index in [1.54, 1.807) is 7.11 Å². The molecule has 0 aliphatic rings. The number of methoxy groups -OCH3 is 1. The Hall–Kier alpha value is -0.210. The predicted molar refractivity (Wildman–Crippen MR) is 64.7 cm³/mol. The fourth-order valence-electron chi connectivity index (χ4n) is 1.34. The van der Waals surface area contributed by atoms with Crippen LogP contribution in [-0.4, -0.2) is 12.4 Å². The van der Waals surface area contributed by atoms with Gasteiger partial charge in [0, 0.05) is 10.4 Å². The fraction of sp³-hybridized carbons (Fsp3) is 0.455. The third kappa shape index (κ3) is 3.18. The standard InChI is InChI=1S/C11H14BrClO/c1-8(7-12)5-9-6-10(13)3-4-11(9)14-2/h3-4,6,8H,5,7H2,1-2H3. The lowest BCUT2D eigenvalue weighted by molar-refractivity contribution is 0.407. The molecule has 0 spiro atoms. The fourth-order valence-corrected chi connectivity index (χ4v) is 1.76. The number of hydrogen-bond donors (Lipinski definition) is 0. The van der Waals surface area contributed by atoms with Crippen molar-refractivity contribution >= 4 is 27.5 Å². The first-order valence-corrected chi connectivity index (χ1v) is 6.05. The van der Waals surface area contributed by atoms with Crippen LogP contribution < -0.4 is 4.74 Å². The highest BCUT2D eigenvalue weighted by atomic mass is 79.9. The molecule has 1 rings (SSSR count). The van der Waals surface area contributed by atoms with E-state index in [4.69, 9.17) is 16.3 Å². The minimum absolute atomic E-state index is 0.586. The molecule has 0 N–H and O–H groups in total. The van der Waals surface area contributed by atoms with Gasteiger partial charge in [0.25, 0.3) is 0 Å². The van der Waals surface area contributed by atoms with Crippen molar-refractivity contribution in [2.45, 2.75) is 13.3 Å². The highest BCUT2D eigenvalue weighted by Gasteiger charge is 2.07. The van der Waals surface area contributed by atoms with E-state index >= 15 is 0 Å². The molecule has 0 amide bonds. The van der Waals surface area contributed by atoms with Crippen LogP contribution in [0.1, 0.15) is 12.5 Å². The number of benzene rings is 1. The van der Waals surface area contributed by atoms with E-state index in [0.29, 0.717) is 5.92 Å². The Balaban J connectivity index is 2.87. The van der Waals surface area contributed by atoms with Crippen LogP contribution in [0.15, 0.2) is 18.2 Å². The molecule has 0 aliphatic carbocycles. The molecule has 1 aromatic rings. The van der Waals surface area contributed by atoms with Crippen molar-refractivity contribution in [3.05, 3.63) is 28.8 Å². The summed E-state index contributed by atoms with van der Waals surface area (Å²) in [6.45, 7) is 2.19. The maximum atomic E-state index is 5.93. The highest BCUT2D eigenvalue weighted by molar-refractivity contribution is 9.09. The van der Waals surface area contributed by atoms with Gasteiger partial charge in [0.05, 0.1) is 7.11 Å². The molecule has 0 saturated carbocycles. The molecule has 78 valence electrons. The van der Waals surface area contributed by atoms with Crippen molar-refractivity contribution in [2.75, 3.05) is 12.4 Å². The Labute approximate surface area is 98.5 Å². The van der Waals surface area contributed by atoms with Gasteiger partial charge in [0.15, 0.2) is 0 Å². The molecule has 3 heteroatoms. The number of alkyl halides is 1. The average molecular weight is 278 g/mol. The first kappa shape index (κ1) is 11.9. The van der Waals surface area contributed by atoms with Crippen molar-refractivity contribution < 1.29 is 4.74 Å². The topological polar surface area (TPSA) is 9.23 Å². The zero-order chi connectivity index (χ0) is 10.6. The summed E-state index contributed by atoms with van der Waals surface area (Å²) in [7, 11) is 1.69. The summed E-state index contributed by atoms with van der Waals surface area (Å²) >= 11 is 9.40. The average Bonchev–Trinajstić information content (AvgIpc) is 2.18. The lowest BCUT2D eigenvalue weighted by atomic mass is 10.0. The number of rotatable bonds is 4. The third-order valence-electron chi connectivity index (χ3n) is 2.07. The second-order valence-electron chi connectivity index (χ2n) is 3.42. The summed E-state index contributed by atoms with van der Waals surface area (Å²) in [6, 6.07) is 5.74. The second-order valence-corrected chi connectivity index (χ2v) is 4.50. The Morgan fingerprint density at radius 3 is 2.79 bits per heavy atom. The predicted octanol–water partition coefficient (Wildman–Crippen LogP) is 3.92. The minimum atomic E-state index is 0.586. The lowest BCUT2D eigenvalue weighted by Gasteiger charge is -2.12. The van der Waals surface area contributed by atoms with Gasteiger partial charge in [-0.05, 0) is 36.1 Å². The maximum absolute atomic E-state index is 5.93. The second kappa shape index (κ2) is 5.62. The summed E-state index contributed by atoms with van der Waals surface area (Å²) in [4.78, 5) is 0. The summed E-state index contributed by atoms with van der Waals surface area (Å²) < 4.78 is 5.27. The largest absolute Gasteiger partial charge is 0.496 e. The van der Waals surface area contributed by atoms with Gasteiger partial charge in [-0.3, -0.25) is 0 Å². The van der Waals surface area contributed by atoms with E-state index in [1.165, 1.54) is 5.56 Å². The van der Waals surface area contributed by atoms with Crippen LogP contribution >= 0.6 is 27.5 Å². The molecule has 0 heterocycles. The SMILES string of the molecule is COc1ccc(Cl)cc1CC(C)CBr. The van der Waals surface area contributed by atoms with Crippen LogP contribution in [0.4, 0.5) is 0 Å². The molecule has 0 radical (unpaired) electrons. The molecule has 0 aromatic heterocycles. The van der Waals surface area contributed by atoms with E-state index in [2.05, 4.69) is 22.9 Å². The zero-order valence-corrected chi connectivity index (χ0v) is 10.7. The summed E-state index contributed by atoms with van der Waals surface area (Å²) in [6.07, 6.45) is 0.981. The molecule has 1 aromatic carbocycles. The van der Waals surface area contributed by atoms with Gasteiger partial charge < -0.3 is 4.74 Å². The lowest BCUT2D eigenvalue weighted by Crippen LogP contribution is -2.02. The summed E-state index contributed by atoms with van der Waals surface area (Å²) in [5.41, 5.74) is 1.17. The Morgan fingerprint density at radius 2 is 2.21 bits per heavy atom. The molecule has 0 aliphatic heterocycles. The van der Waals surface area contributed by atoms with Crippen LogP contribution in [-0.2, 0) is 6.42 Å². The van der Waals surface area contributed by atoms with Crippen LogP contribution in [0, 0.1) is 5.92 Å². The first-order chi connectivity index (χ1) is 6.67. The first-order valence-electron chi connectivity index (χ1n) is 4.55. The smallest absolute Gasteiger partial charge is 0.122 e. The summed E-state index contributed by atoms with van der Waals surface area (Å²) in [5, 5.41) is 1.76. The maximum Gasteiger partial charge on any atom is 0.122 e. The van der Waals surface area contributed by atoms with Gasteiger partial charge in [-0.1, -0.05) is 34.5 Å². The van der Waals surface area contributed by atoms with E-state index in [0.717, 1.165) is 22.5 Å². The van der Waals surface area contributed by atoms with Crippen molar-refractivity contribution in [3.63, 3.8) is 0 Å². The van der Waals surface area contributed by atoms with E-state index in [9.17, 15) is 0 Å². The third-order valence-corrected chi connectivity index (χ3v) is 3.41. The van der Waals surface area contributed by atoms with Crippen molar-refractivity contribution in [3.8, 4) is 5.75 Å². The molecule has 1 unspecified atom stereocenters. The van der Waals surface area contributed by atoms with Crippen molar-refractivity contribution in [2.24, 2.45) is 5.92 Å². The van der Waals surface area contributed by atoms with Gasteiger partial charge in [-0.2, -0.15) is 0 Å². The number of halogens is 2. The van der Waals surface area contributed by atoms with Gasteiger partial charge in [-0.25, -0.2) is 0 Å². The molecule has 0 bridgehead atoms. The molecular weight excluding hydrogens is 263 g/mol. The Kier molecular flexibility index (Phi) is 4.76. The highest BCUT2D eigenvalue weighted by Crippen LogP contribution is 2.25. The van der Waals surface area contributed by atoms with Crippen LogP contribution in [0.5, 0.6) is 5.75 Å². The molecule has 0 saturated heterocycles. The van der Waals surface area contributed by atoms with Gasteiger partial charge >= 0.3 is 0 Å². The van der Waals surface area contributed by atoms with E-state index < -0.39 is 0 Å². The van der Waals surface area contributed by atoms with Crippen LogP contribution in [0.25, 0.3) is 0 Å². The van der Waals surface area contributed by atoms with Gasteiger partial charge in [-0.15, -0.1) is 0 Å². The number of ether oxygens (including phenoxy) is 1. The van der Waals surface area contributed by atoms with Crippen molar-refractivity contribution in [1.29, 1.82) is 0 Å². The van der Waals surface area contributed by atoms with E-state index in [1.807, 2.05) is 18.2 Å². The molecule has 1 atom stereocenters. The normalized spacial score (nSPS) is 12.6. The van der Waals surface area contributed by atoms with Crippen LogP contribution in [0.2, 0.25) is 5.02 Å². The van der Waals surface area contributed by atoms with E-state index in [-0.39, 0.29) is 0 Å². The molecular formula is C11H14BrClO. The van der Waals surface area contributed by atoms with Crippen molar-refractivity contribution in [1.82, 2.24) is 0 Å². The zero-order valence-electron chi connectivity index (χ0n) is 8.39. The van der Waals surface area contributed by atoms with Gasteiger partial charge in [0.2, 0.25) is 0 Å². The molecule has 0 fully saturated rings. The summed E-state index contributed by atoms with van der Waals surface area (Å²) in [5.74, 6) is 1.50. The van der Waals surface area contributed by atoms with Crippen LogP contribution in [0.3, 0.4) is 0 Å². The molecule has 14 heavy (non-hydrogen) atoms. The molecule has 1 nitrogen and oxygen atoms in total. The number of hydrogen-bond acceptors (Lipinski definition) is 1.